The van der Waals surface area contributed by atoms with Crippen LogP contribution in [0.25, 0.3) is 0 Å². The molecular formula is C27H26BrNO5S. The minimum Gasteiger partial charge on any atom is -0.487 e. The van der Waals surface area contributed by atoms with Crippen molar-refractivity contribution in [3.8, 4) is 5.75 Å². The van der Waals surface area contributed by atoms with E-state index in [1.165, 1.54) is 12.1 Å². The van der Waals surface area contributed by atoms with Crippen molar-refractivity contribution in [3.05, 3.63) is 94.0 Å². The lowest BCUT2D eigenvalue weighted by Crippen LogP contribution is -2.47. The van der Waals surface area contributed by atoms with Crippen molar-refractivity contribution >= 4 is 31.9 Å². The van der Waals surface area contributed by atoms with Gasteiger partial charge in [-0.1, -0.05) is 46.3 Å². The summed E-state index contributed by atoms with van der Waals surface area (Å²) in [5.74, 6) is 0.0459. The van der Waals surface area contributed by atoms with E-state index >= 15 is 0 Å². The van der Waals surface area contributed by atoms with E-state index in [9.17, 15) is 13.2 Å². The van der Waals surface area contributed by atoms with Crippen LogP contribution in [0.5, 0.6) is 5.75 Å². The number of hydrogen-bond acceptors (Lipinski definition) is 5. The number of rotatable bonds is 4. The van der Waals surface area contributed by atoms with Crippen LogP contribution in [0.15, 0.2) is 82.2 Å². The zero-order chi connectivity index (χ0) is 24.8. The summed E-state index contributed by atoms with van der Waals surface area (Å²) in [4.78, 5) is 13.0. The van der Waals surface area contributed by atoms with E-state index in [0.29, 0.717) is 5.75 Å². The Morgan fingerprint density at radius 2 is 1.71 bits per heavy atom. The van der Waals surface area contributed by atoms with Crippen LogP contribution in [0, 0.1) is 5.92 Å². The molecule has 2 aliphatic heterocycles. The summed E-state index contributed by atoms with van der Waals surface area (Å²) in [6.45, 7) is 4.12. The maximum absolute atomic E-state index is 13.0. The van der Waals surface area contributed by atoms with Gasteiger partial charge < -0.3 is 9.47 Å². The number of ether oxygens (including phenoxy) is 2. The molecule has 0 aromatic heterocycles. The maximum Gasteiger partial charge on any atom is 0.265 e. The van der Waals surface area contributed by atoms with Crippen LogP contribution < -0.4 is 9.46 Å². The summed E-state index contributed by atoms with van der Waals surface area (Å²) < 4.78 is 41.3. The largest absolute Gasteiger partial charge is 0.487 e. The van der Waals surface area contributed by atoms with E-state index in [2.05, 4.69) is 46.6 Å². The number of carbonyl (C=O) groups is 1. The van der Waals surface area contributed by atoms with Crippen molar-refractivity contribution < 1.29 is 22.7 Å². The first kappa shape index (κ1) is 24.0. The van der Waals surface area contributed by atoms with E-state index in [1.54, 1.807) is 30.3 Å². The molecule has 5 rings (SSSR count). The molecule has 1 amide bonds. The smallest absolute Gasteiger partial charge is 0.265 e. The molecule has 35 heavy (non-hydrogen) atoms. The van der Waals surface area contributed by atoms with Gasteiger partial charge in [-0.25, -0.2) is 13.1 Å². The summed E-state index contributed by atoms with van der Waals surface area (Å²) in [5.41, 5.74) is 1.68. The van der Waals surface area contributed by atoms with Gasteiger partial charge in [0.2, 0.25) is 0 Å². The Morgan fingerprint density at radius 3 is 2.43 bits per heavy atom. The number of sulfonamides is 1. The quantitative estimate of drug-likeness (QED) is 0.430. The molecule has 1 saturated heterocycles. The third kappa shape index (κ3) is 4.75. The SMILES string of the molecule is CC1(C)Oc2ccc(C(=O)NS(=O)(=O)c3ccc(Br)cc3)cc2[C@@H]2O[C@H](c3ccccc3)CC[C@H]21. The second-order valence-electron chi connectivity index (χ2n) is 9.49. The second-order valence-corrected chi connectivity index (χ2v) is 12.1. The highest BCUT2D eigenvalue weighted by Gasteiger charge is 2.47. The molecular weight excluding hydrogens is 530 g/mol. The van der Waals surface area contributed by atoms with E-state index in [1.807, 2.05) is 18.2 Å². The molecule has 6 nitrogen and oxygen atoms in total. The van der Waals surface area contributed by atoms with Crippen molar-refractivity contribution in [1.82, 2.24) is 4.72 Å². The van der Waals surface area contributed by atoms with Gasteiger partial charge >= 0.3 is 0 Å². The van der Waals surface area contributed by atoms with Crippen LogP contribution in [0.1, 0.15) is 60.4 Å². The summed E-state index contributed by atoms with van der Waals surface area (Å²) in [5, 5.41) is 0. The van der Waals surface area contributed by atoms with Gasteiger partial charge in [0.25, 0.3) is 15.9 Å². The minimum atomic E-state index is -4.02. The molecule has 0 radical (unpaired) electrons. The first-order valence-electron chi connectivity index (χ1n) is 11.5. The van der Waals surface area contributed by atoms with Crippen molar-refractivity contribution in [1.29, 1.82) is 0 Å². The van der Waals surface area contributed by atoms with Crippen LogP contribution in [-0.4, -0.2) is 19.9 Å². The lowest BCUT2D eigenvalue weighted by atomic mass is 9.74. The minimum absolute atomic E-state index is 0.0125. The van der Waals surface area contributed by atoms with Gasteiger partial charge in [-0.3, -0.25) is 4.79 Å². The fourth-order valence-electron chi connectivity index (χ4n) is 4.95. The number of hydrogen-bond donors (Lipinski definition) is 1. The van der Waals surface area contributed by atoms with Gasteiger partial charge in [-0.2, -0.15) is 0 Å². The van der Waals surface area contributed by atoms with Gasteiger partial charge in [0.05, 0.1) is 17.1 Å². The molecule has 0 bridgehead atoms. The van der Waals surface area contributed by atoms with E-state index in [0.717, 1.165) is 28.4 Å². The molecule has 1 fully saturated rings. The average molecular weight is 556 g/mol. The Bertz CT molecular complexity index is 1360. The Hall–Kier alpha value is -2.68. The Morgan fingerprint density at radius 1 is 1.00 bits per heavy atom. The average Bonchev–Trinajstić information content (AvgIpc) is 2.84. The van der Waals surface area contributed by atoms with Gasteiger partial charge in [-0.05, 0) is 74.7 Å². The third-order valence-corrected chi connectivity index (χ3v) is 8.66. The van der Waals surface area contributed by atoms with Gasteiger partial charge in [-0.15, -0.1) is 0 Å². The zero-order valence-corrected chi connectivity index (χ0v) is 21.8. The molecule has 182 valence electrons. The Balaban J connectivity index is 1.44. The number of halogens is 1. The number of nitrogens with one attached hydrogen (secondary N) is 1. The topological polar surface area (TPSA) is 81.7 Å². The standard InChI is InChI=1S/C27H26BrNO5S/c1-27(2)22-13-15-23(17-6-4-3-5-7-17)33-25(22)21-16-18(8-14-24(21)34-27)26(30)29-35(31,32)20-11-9-19(28)10-12-20/h3-12,14,16,22-23,25H,13,15H2,1-2H3,(H,29,30)/t22-,23+,25+/m1/s1. The van der Waals surface area contributed by atoms with Crippen LogP contribution in [0.4, 0.5) is 0 Å². The highest BCUT2D eigenvalue weighted by Crippen LogP contribution is 2.53. The molecule has 2 heterocycles. The molecule has 0 spiro atoms. The molecule has 0 unspecified atom stereocenters. The van der Waals surface area contributed by atoms with Gasteiger partial charge in [0, 0.05) is 21.5 Å². The maximum atomic E-state index is 13.0. The summed E-state index contributed by atoms with van der Waals surface area (Å²) in [6, 6.07) is 21.2. The number of benzene rings is 3. The first-order valence-corrected chi connectivity index (χ1v) is 13.8. The number of fused-ring (bicyclic) bond motifs is 3. The second kappa shape index (κ2) is 9.08. The molecule has 8 heteroatoms. The van der Waals surface area contributed by atoms with Crippen LogP contribution in [0.2, 0.25) is 0 Å². The van der Waals surface area contributed by atoms with E-state index in [-0.39, 0.29) is 28.6 Å². The van der Waals surface area contributed by atoms with Crippen LogP contribution in [-0.2, 0) is 14.8 Å². The molecule has 0 aliphatic carbocycles. The molecule has 3 aromatic carbocycles. The molecule has 1 N–H and O–H groups in total. The summed E-state index contributed by atoms with van der Waals surface area (Å²) in [6.07, 6.45) is 1.45. The van der Waals surface area contributed by atoms with Crippen molar-refractivity contribution in [2.24, 2.45) is 5.92 Å². The number of amides is 1. The third-order valence-electron chi connectivity index (χ3n) is 6.78. The normalized spacial score (nSPS) is 22.9. The monoisotopic (exact) mass is 555 g/mol. The van der Waals surface area contributed by atoms with Crippen molar-refractivity contribution in [2.45, 2.75) is 49.4 Å². The molecule has 2 aliphatic rings. The summed E-state index contributed by atoms with van der Waals surface area (Å²) in [7, 11) is -4.02. The molecule has 0 saturated carbocycles. The predicted octanol–water partition coefficient (Wildman–Crippen LogP) is 5.95. The van der Waals surface area contributed by atoms with E-state index in [4.69, 9.17) is 9.47 Å². The fourth-order valence-corrected chi connectivity index (χ4v) is 6.19. The Kier molecular flexibility index (Phi) is 6.23. The van der Waals surface area contributed by atoms with Crippen LogP contribution in [0.3, 0.4) is 0 Å². The fraction of sp³-hybridized carbons (Fsp3) is 0.296. The first-order chi connectivity index (χ1) is 16.6. The van der Waals surface area contributed by atoms with Crippen LogP contribution >= 0.6 is 15.9 Å². The zero-order valence-electron chi connectivity index (χ0n) is 19.4. The summed E-state index contributed by atoms with van der Waals surface area (Å²) >= 11 is 3.28. The molecule has 3 aromatic rings. The Labute approximate surface area is 213 Å². The lowest BCUT2D eigenvalue weighted by molar-refractivity contribution is -0.151. The molecule has 3 atom stereocenters. The van der Waals surface area contributed by atoms with Crippen molar-refractivity contribution in [3.63, 3.8) is 0 Å². The van der Waals surface area contributed by atoms with Gasteiger partial charge in [0.15, 0.2) is 0 Å². The lowest BCUT2D eigenvalue weighted by Gasteiger charge is -2.48. The predicted molar refractivity (Wildman–Crippen MR) is 136 cm³/mol. The van der Waals surface area contributed by atoms with Crippen molar-refractivity contribution in [2.75, 3.05) is 0 Å². The highest BCUT2D eigenvalue weighted by molar-refractivity contribution is 9.10. The van der Waals surface area contributed by atoms with Gasteiger partial charge in [0.1, 0.15) is 11.4 Å². The number of carbonyl (C=O) groups excluding carboxylic acids is 1. The highest BCUT2D eigenvalue weighted by atomic mass is 79.9. The van der Waals surface area contributed by atoms with E-state index < -0.39 is 21.5 Å².